The number of pyridine rings is 2. The summed E-state index contributed by atoms with van der Waals surface area (Å²) in [5.74, 6) is -1.57. The molecule has 4 aromatic rings. The number of hydrogen-bond acceptors (Lipinski definition) is 5. The Morgan fingerprint density at radius 2 is 1.49 bits per heavy atom. The fraction of sp³-hybridized carbons (Fsp3) is 0.160. The highest BCUT2D eigenvalue weighted by Crippen LogP contribution is 2.35. The van der Waals surface area contributed by atoms with Gasteiger partial charge in [0.2, 0.25) is 10.9 Å². The van der Waals surface area contributed by atoms with E-state index in [2.05, 4.69) is 21.3 Å². The molecule has 2 heterocycles. The second-order valence-corrected chi connectivity index (χ2v) is 8.21. The van der Waals surface area contributed by atoms with E-state index in [1.54, 1.807) is 0 Å². The van der Waals surface area contributed by atoms with Crippen LogP contribution in [0.2, 0.25) is 5.02 Å². The quantitative estimate of drug-likeness (QED) is 0.148. The van der Waals surface area contributed by atoms with Crippen molar-refractivity contribution in [3.8, 4) is 0 Å². The van der Waals surface area contributed by atoms with Crippen LogP contribution in [-0.4, -0.2) is 27.7 Å². The van der Waals surface area contributed by atoms with Crippen LogP contribution in [0.3, 0.4) is 0 Å². The zero-order chi connectivity index (χ0) is 29.3. The van der Waals surface area contributed by atoms with Crippen molar-refractivity contribution in [1.29, 1.82) is 0 Å². The Labute approximate surface area is 219 Å². The molecule has 0 aliphatic heterocycles. The lowest BCUT2D eigenvalue weighted by Crippen LogP contribution is -2.21. The maximum atomic E-state index is 13.0. The van der Waals surface area contributed by atoms with Gasteiger partial charge < -0.3 is 19.8 Å². The van der Waals surface area contributed by atoms with Crippen LogP contribution in [0.4, 0.5) is 26.3 Å². The first-order chi connectivity index (χ1) is 18.1. The number of ether oxygens (including phenoxy) is 1. The zero-order valence-corrected chi connectivity index (χ0v) is 20.4. The molecule has 0 saturated carbocycles. The van der Waals surface area contributed by atoms with Gasteiger partial charge in [-0.3, -0.25) is 9.59 Å². The molecule has 3 N–H and O–H groups in total. The summed E-state index contributed by atoms with van der Waals surface area (Å²) in [6.07, 6.45) is -7.26. The molecular weight excluding hydrogens is 558 g/mol. The predicted molar refractivity (Wildman–Crippen MR) is 132 cm³/mol. The Hall–Kier alpha value is -4.26. The van der Waals surface area contributed by atoms with Crippen molar-refractivity contribution in [3.05, 3.63) is 97.0 Å². The molecular formula is C25H17ClF6N2O5. The number of halogens is 7. The number of rotatable bonds is 3. The molecule has 2 aromatic carbocycles. The average Bonchev–Trinajstić information content (AvgIpc) is 2.83. The van der Waals surface area contributed by atoms with Crippen LogP contribution in [-0.2, 0) is 17.1 Å². The van der Waals surface area contributed by atoms with Gasteiger partial charge in [0.15, 0.2) is 0 Å². The van der Waals surface area contributed by atoms with Crippen LogP contribution in [0.5, 0.6) is 0 Å². The van der Waals surface area contributed by atoms with E-state index in [-0.39, 0.29) is 28.2 Å². The third-order valence-corrected chi connectivity index (χ3v) is 5.63. The molecule has 0 unspecified atom stereocenters. The molecule has 2 aromatic heterocycles. The van der Waals surface area contributed by atoms with E-state index in [0.717, 1.165) is 24.5 Å². The lowest BCUT2D eigenvalue weighted by Gasteiger charge is -2.11. The number of aliphatic hydroxyl groups is 1. The number of aromatic amines is 2. The van der Waals surface area contributed by atoms with Crippen molar-refractivity contribution < 1.29 is 41.0 Å². The number of aromatic nitrogens is 2. The Kier molecular flexibility index (Phi) is 8.15. The minimum Gasteiger partial charge on any atom is -0.508 e. The van der Waals surface area contributed by atoms with E-state index in [1.165, 1.54) is 19.1 Å². The number of carbonyl (C=O) groups excluding carboxylic acids is 1. The van der Waals surface area contributed by atoms with E-state index in [9.17, 15) is 40.7 Å². The Morgan fingerprint density at radius 1 is 0.923 bits per heavy atom. The third-order valence-electron chi connectivity index (χ3n) is 5.31. The molecule has 0 saturated heterocycles. The lowest BCUT2D eigenvalue weighted by molar-refractivity contribution is -0.137. The highest BCUT2D eigenvalue weighted by atomic mass is 35.5. The van der Waals surface area contributed by atoms with Gasteiger partial charge in [0.25, 0.3) is 0 Å². The van der Waals surface area contributed by atoms with Crippen LogP contribution in [0.25, 0.3) is 27.6 Å². The summed E-state index contributed by atoms with van der Waals surface area (Å²) in [4.78, 5) is 40.7. The van der Waals surface area contributed by atoms with Gasteiger partial charge in [0.05, 0.1) is 44.6 Å². The normalized spacial score (nSPS) is 11.7. The predicted octanol–water partition coefficient (Wildman–Crippen LogP) is 6.45. The number of aliphatic hydroxyl groups excluding tert-OH is 1. The Bertz CT molecular complexity index is 1710. The molecule has 0 radical (unpaired) electrons. The number of hydrogen-bond donors (Lipinski definition) is 3. The van der Waals surface area contributed by atoms with E-state index in [4.69, 9.17) is 16.7 Å². The van der Waals surface area contributed by atoms with Gasteiger partial charge in [-0.1, -0.05) is 24.2 Å². The van der Waals surface area contributed by atoms with Crippen molar-refractivity contribution >= 4 is 45.1 Å². The highest BCUT2D eigenvalue weighted by Gasteiger charge is 2.35. The fourth-order valence-electron chi connectivity index (χ4n) is 3.61. The van der Waals surface area contributed by atoms with Crippen LogP contribution in [0.15, 0.2) is 58.9 Å². The molecule has 0 spiro atoms. The molecule has 14 heteroatoms. The van der Waals surface area contributed by atoms with Crippen molar-refractivity contribution in [2.45, 2.75) is 19.3 Å². The highest BCUT2D eigenvalue weighted by molar-refractivity contribution is 6.35. The van der Waals surface area contributed by atoms with Crippen molar-refractivity contribution in [3.63, 3.8) is 0 Å². The number of H-pyrrole nitrogens is 2. The summed E-state index contributed by atoms with van der Waals surface area (Å²) in [5.41, 5.74) is -5.07. The smallest absolute Gasteiger partial charge is 0.417 e. The van der Waals surface area contributed by atoms with Crippen molar-refractivity contribution in [2.75, 3.05) is 6.61 Å². The van der Waals surface area contributed by atoms with Gasteiger partial charge in [0.1, 0.15) is 11.3 Å². The van der Waals surface area contributed by atoms with E-state index in [0.29, 0.717) is 6.07 Å². The maximum absolute atomic E-state index is 13.0. The topological polar surface area (TPSA) is 112 Å². The van der Waals surface area contributed by atoms with Gasteiger partial charge >= 0.3 is 18.3 Å². The van der Waals surface area contributed by atoms with Gasteiger partial charge in [-0.15, -0.1) is 0 Å². The van der Waals surface area contributed by atoms with Crippen LogP contribution in [0, 0.1) is 0 Å². The average molecular weight is 575 g/mol. The number of benzene rings is 2. The van der Waals surface area contributed by atoms with Gasteiger partial charge in [-0.05, 0) is 31.2 Å². The SMILES string of the molecule is C=C(O)c1c[nH]c2cccc(C(F)(F)F)c2c1=O.CCOC(=O)c1c[nH]c2c(Cl)ccc(C(F)(F)F)c2c1=O. The lowest BCUT2D eigenvalue weighted by atomic mass is 10.0. The summed E-state index contributed by atoms with van der Waals surface area (Å²) in [6.45, 7) is 4.66. The van der Waals surface area contributed by atoms with Crippen LogP contribution in [0.1, 0.15) is 34.0 Å². The maximum Gasteiger partial charge on any atom is 0.417 e. The van der Waals surface area contributed by atoms with Crippen molar-refractivity contribution in [2.24, 2.45) is 0 Å². The number of fused-ring (bicyclic) bond motifs is 2. The molecule has 0 amide bonds. The van der Waals surface area contributed by atoms with E-state index >= 15 is 0 Å². The molecule has 0 bridgehead atoms. The van der Waals surface area contributed by atoms with Gasteiger partial charge in [0, 0.05) is 17.9 Å². The summed E-state index contributed by atoms with van der Waals surface area (Å²) in [6, 6.07) is 5.12. The molecule has 0 aliphatic carbocycles. The fourth-order valence-corrected chi connectivity index (χ4v) is 3.83. The van der Waals surface area contributed by atoms with Crippen LogP contribution >= 0.6 is 11.6 Å². The molecule has 7 nitrogen and oxygen atoms in total. The Balaban J connectivity index is 0.000000218. The molecule has 0 atom stereocenters. The summed E-state index contributed by atoms with van der Waals surface area (Å²) >= 11 is 5.79. The Morgan fingerprint density at radius 3 is 2.05 bits per heavy atom. The van der Waals surface area contributed by atoms with Gasteiger partial charge in [-0.25, -0.2) is 4.79 Å². The second kappa shape index (κ2) is 10.8. The first-order valence-corrected chi connectivity index (χ1v) is 11.1. The van der Waals surface area contributed by atoms with Crippen LogP contribution < -0.4 is 10.9 Å². The number of carbonyl (C=O) groups is 1. The van der Waals surface area contributed by atoms with E-state index in [1.807, 2.05) is 0 Å². The summed E-state index contributed by atoms with van der Waals surface area (Å²) in [7, 11) is 0. The molecule has 4 rings (SSSR count). The number of alkyl halides is 6. The molecule has 206 valence electrons. The second-order valence-electron chi connectivity index (χ2n) is 7.80. The standard InChI is InChI=1S/C13H9ClF3NO3.C12H8F3NO2/c1-2-21-12(20)6-5-18-10-8(14)4-3-7(13(15,16)17)9(10)11(6)19;1-6(17)7-5-16-9-4-2-3-8(12(13,14)15)10(9)11(7)18/h3-5H,2H2,1H3,(H,18,19);2-5,17H,1H2,(H,16,18). The number of esters is 1. The minimum absolute atomic E-state index is 0.00200. The zero-order valence-electron chi connectivity index (χ0n) is 19.7. The monoisotopic (exact) mass is 574 g/mol. The molecule has 39 heavy (non-hydrogen) atoms. The van der Waals surface area contributed by atoms with E-state index < -0.39 is 62.4 Å². The molecule has 0 fully saturated rings. The molecule has 0 aliphatic rings. The van der Waals surface area contributed by atoms with Crippen molar-refractivity contribution in [1.82, 2.24) is 9.97 Å². The largest absolute Gasteiger partial charge is 0.508 e. The minimum atomic E-state index is -4.75. The summed E-state index contributed by atoms with van der Waals surface area (Å²) in [5, 5.41) is 7.93. The summed E-state index contributed by atoms with van der Waals surface area (Å²) < 4.78 is 82.0. The van der Waals surface area contributed by atoms with Gasteiger partial charge in [-0.2, -0.15) is 26.3 Å². The number of nitrogens with one attached hydrogen (secondary N) is 2. The first-order valence-electron chi connectivity index (χ1n) is 10.8. The first kappa shape index (κ1) is 29.3. The third kappa shape index (κ3) is 5.93.